The van der Waals surface area contributed by atoms with Crippen LogP contribution in [0.4, 0.5) is 4.79 Å². The van der Waals surface area contributed by atoms with Gasteiger partial charge in [-0.1, -0.05) is 17.7 Å². The largest absolute Gasteiger partial charge is 0.444 e. The van der Waals surface area contributed by atoms with E-state index in [-0.39, 0.29) is 12.1 Å². The molecule has 1 fully saturated rings. The number of rotatable bonds is 2. The molecule has 1 N–H and O–H groups in total. The van der Waals surface area contributed by atoms with Gasteiger partial charge < -0.3 is 15.0 Å². The summed E-state index contributed by atoms with van der Waals surface area (Å²) in [5, 5.41) is 3.40. The lowest BCUT2D eigenvalue weighted by Crippen LogP contribution is -2.55. The van der Waals surface area contributed by atoms with Crippen LogP contribution >= 0.6 is 0 Å². The summed E-state index contributed by atoms with van der Waals surface area (Å²) in [6.45, 7) is 14.5. The van der Waals surface area contributed by atoms with Gasteiger partial charge in [-0.25, -0.2) is 4.79 Å². The first-order valence-electron chi connectivity index (χ1n) is 8.44. The summed E-state index contributed by atoms with van der Waals surface area (Å²) in [6, 6.07) is 4.57. The fraction of sp³-hybridized carbons (Fsp3) is 0.632. The summed E-state index contributed by atoms with van der Waals surface area (Å²) < 4.78 is 5.58. The Hall–Kier alpha value is -1.55. The summed E-state index contributed by atoms with van der Waals surface area (Å²) in [6.07, 6.45) is 0.663. The first-order chi connectivity index (χ1) is 10.7. The molecule has 0 spiro atoms. The summed E-state index contributed by atoms with van der Waals surface area (Å²) in [5.74, 6) is 0. The number of ether oxygens (including phenoxy) is 1. The van der Waals surface area contributed by atoms with E-state index in [4.69, 9.17) is 4.74 Å². The van der Waals surface area contributed by atoms with Gasteiger partial charge in [0, 0.05) is 19.6 Å². The van der Waals surface area contributed by atoms with Gasteiger partial charge in [0.25, 0.3) is 0 Å². The van der Waals surface area contributed by atoms with E-state index in [0.29, 0.717) is 6.54 Å². The highest BCUT2D eigenvalue weighted by molar-refractivity contribution is 5.69. The number of piperazine rings is 1. The molecule has 1 saturated heterocycles. The zero-order chi connectivity index (χ0) is 17.2. The summed E-state index contributed by atoms with van der Waals surface area (Å²) in [5.41, 5.74) is 4.78. The SMILES string of the molecule is Cc1cc(C)c(C[C@@H]2CNCCN2C(=O)OC(C)(C)C)c(C)c1. The van der Waals surface area contributed by atoms with Gasteiger partial charge in [0.15, 0.2) is 0 Å². The number of hydrogen-bond acceptors (Lipinski definition) is 3. The van der Waals surface area contributed by atoms with Gasteiger partial charge in [-0.15, -0.1) is 0 Å². The maximum Gasteiger partial charge on any atom is 0.410 e. The van der Waals surface area contributed by atoms with Crippen molar-refractivity contribution in [1.82, 2.24) is 10.2 Å². The normalized spacial score (nSPS) is 18.9. The van der Waals surface area contributed by atoms with Crippen LogP contribution in [-0.2, 0) is 11.2 Å². The zero-order valence-corrected chi connectivity index (χ0v) is 15.3. The summed E-state index contributed by atoms with van der Waals surface area (Å²) in [7, 11) is 0. The van der Waals surface area contributed by atoms with Gasteiger partial charge in [0.2, 0.25) is 0 Å². The Morgan fingerprint density at radius 1 is 1.26 bits per heavy atom. The number of nitrogens with one attached hydrogen (secondary N) is 1. The highest BCUT2D eigenvalue weighted by atomic mass is 16.6. The molecule has 23 heavy (non-hydrogen) atoms. The number of aryl methyl sites for hydroxylation is 3. The first-order valence-corrected chi connectivity index (χ1v) is 8.44. The number of carbonyl (C=O) groups excluding carboxylic acids is 1. The van der Waals surface area contributed by atoms with E-state index in [1.165, 1.54) is 22.3 Å². The molecule has 0 radical (unpaired) electrons. The molecular formula is C19H30N2O2. The van der Waals surface area contributed by atoms with E-state index < -0.39 is 5.60 Å². The predicted octanol–water partition coefficient (Wildman–Crippen LogP) is 3.36. The Morgan fingerprint density at radius 2 is 1.87 bits per heavy atom. The topological polar surface area (TPSA) is 41.6 Å². The maximum atomic E-state index is 12.5. The molecule has 4 nitrogen and oxygen atoms in total. The number of hydrogen-bond donors (Lipinski definition) is 1. The van der Waals surface area contributed by atoms with Crippen molar-refractivity contribution in [2.75, 3.05) is 19.6 Å². The van der Waals surface area contributed by atoms with Crippen LogP contribution in [0, 0.1) is 20.8 Å². The second-order valence-electron chi connectivity index (χ2n) is 7.61. The summed E-state index contributed by atoms with van der Waals surface area (Å²) in [4.78, 5) is 14.4. The van der Waals surface area contributed by atoms with E-state index >= 15 is 0 Å². The van der Waals surface area contributed by atoms with Gasteiger partial charge >= 0.3 is 6.09 Å². The van der Waals surface area contributed by atoms with Crippen molar-refractivity contribution in [1.29, 1.82) is 0 Å². The third-order valence-corrected chi connectivity index (χ3v) is 4.26. The first kappa shape index (κ1) is 17.8. The van der Waals surface area contributed by atoms with E-state index in [0.717, 1.165) is 19.5 Å². The van der Waals surface area contributed by atoms with E-state index in [1.54, 1.807) is 0 Å². The zero-order valence-electron chi connectivity index (χ0n) is 15.3. The lowest BCUT2D eigenvalue weighted by atomic mass is 9.93. The molecule has 1 atom stereocenters. The van der Waals surface area contributed by atoms with Crippen molar-refractivity contribution < 1.29 is 9.53 Å². The molecule has 1 aromatic carbocycles. The lowest BCUT2D eigenvalue weighted by molar-refractivity contribution is 0.0121. The number of benzene rings is 1. The highest BCUT2D eigenvalue weighted by Crippen LogP contribution is 2.21. The number of carbonyl (C=O) groups is 1. The van der Waals surface area contributed by atoms with Crippen LogP contribution in [0.15, 0.2) is 12.1 Å². The van der Waals surface area contributed by atoms with Gasteiger partial charge in [-0.3, -0.25) is 0 Å². The van der Waals surface area contributed by atoms with E-state index in [9.17, 15) is 4.79 Å². The van der Waals surface area contributed by atoms with Crippen molar-refractivity contribution >= 4 is 6.09 Å². The van der Waals surface area contributed by atoms with Crippen LogP contribution in [0.3, 0.4) is 0 Å². The number of nitrogens with zero attached hydrogens (tertiary/aromatic N) is 1. The predicted molar refractivity (Wildman–Crippen MR) is 94.0 cm³/mol. The van der Waals surface area contributed by atoms with E-state index in [1.807, 2.05) is 25.7 Å². The van der Waals surface area contributed by atoms with Crippen molar-refractivity contribution in [3.8, 4) is 0 Å². The monoisotopic (exact) mass is 318 g/mol. The minimum absolute atomic E-state index is 0.138. The molecule has 1 aromatic rings. The van der Waals surface area contributed by atoms with Gasteiger partial charge in [0.05, 0.1) is 6.04 Å². The Morgan fingerprint density at radius 3 is 2.43 bits per heavy atom. The third-order valence-electron chi connectivity index (χ3n) is 4.26. The Labute approximate surface area is 140 Å². The van der Waals surface area contributed by atoms with Crippen molar-refractivity contribution in [3.05, 3.63) is 34.4 Å². The van der Waals surface area contributed by atoms with Crippen LogP contribution < -0.4 is 5.32 Å². The molecule has 0 bridgehead atoms. The molecule has 0 saturated carbocycles. The van der Waals surface area contributed by atoms with Gasteiger partial charge in [-0.2, -0.15) is 0 Å². The molecule has 0 aromatic heterocycles. The summed E-state index contributed by atoms with van der Waals surface area (Å²) >= 11 is 0. The van der Waals surface area contributed by atoms with Crippen molar-refractivity contribution in [2.24, 2.45) is 0 Å². The van der Waals surface area contributed by atoms with Crippen LogP contribution in [0.2, 0.25) is 0 Å². The minimum Gasteiger partial charge on any atom is -0.444 e. The second-order valence-corrected chi connectivity index (χ2v) is 7.61. The average molecular weight is 318 g/mol. The maximum absolute atomic E-state index is 12.5. The molecule has 1 aliphatic rings. The van der Waals surface area contributed by atoms with Crippen LogP contribution in [0.25, 0.3) is 0 Å². The van der Waals surface area contributed by atoms with E-state index in [2.05, 4.69) is 38.2 Å². The molecule has 4 heteroatoms. The highest BCUT2D eigenvalue weighted by Gasteiger charge is 2.30. The van der Waals surface area contributed by atoms with Gasteiger partial charge in [-0.05, 0) is 64.7 Å². The molecule has 1 aliphatic heterocycles. The molecule has 128 valence electrons. The molecule has 1 amide bonds. The fourth-order valence-electron chi connectivity index (χ4n) is 3.27. The number of amides is 1. The second kappa shape index (κ2) is 6.91. The van der Waals surface area contributed by atoms with Crippen LogP contribution in [0.1, 0.15) is 43.0 Å². The van der Waals surface area contributed by atoms with Crippen molar-refractivity contribution in [3.63, 3.8) is 0 Å². The Bertz CT molecular complexity index is 552. The van der Waals surface area contributed by atoms with Crippen LogP contribution in [-0.4, -0.2) is 42.3 Å². The Balaban J connectivity index is 2.18. The third kappa shape index (κ3) is 4.71. The molecule has 1 heterocycles. The lowest BCUT2D eigenvalue weighted by Gasteiger charge is -2.37. The smallest absolute Gasteiger partial charge is 0.410 e. The van der Waals surface area contributed by atoms with Gasteiger partial charge in [0.1, 0.15) is 5.60 Å². The standard InChI is InChI=1S/C19H30N2O2/c1-13-9-14(2)17(15(3)10-13)11-16-12-20-7-8-21(16)18(22)23-19(4,5)6/h9-10,16,20H,7-8,11-12H2,1-6H3/t16-/m1/s1. The van der Waals surface area contributed by atoms with Crippen molar-refractivity contribution in [2.45, 2.75) is 59.6 Å². The quantitative estimate of drug-likeness (QED) is 0.909. The molecule has 0 aliphatic carbocycles. The van der Waals surface area contributed by atoms with Crippen LogP contribution in [0.5, 0.6) is 0 Å². The Kier molecular flexibility index (Phi) is 5.35. The molecule has 2 rings (SSSR count). The fourth-order valence-corrected chi connectivity index (χ4v) is 3.27. The average Bonchev–Trinajstić information content (AvgIpc) is 2.41. The molecule has 0 unspecified atom stereocenters. The molecular weight excluding hydrogens is 288 g/mol. The minimum atomic E-state index is -0.456.